The van der Waals surface area contributed by atoms with Crippen LogP contribution in [0.3, 0.4) is 0 Å². The molecular weight excluding hydrogens is 423 g/mol. The minimum atomic E-state index is -3.78. The first kappa shape index (κ1) is 20.3. The van der Waals surface area contributed by atoms with Gasteiger partial charge in [0.15, 0.2) is 5.82 Å². The maximum absolute atomic E-state index is 14.1. The third-order valence-electron chi connectivity index (χ3n) is 6.33. The van der Waals surface area contributed by atoms with Crippen LogP contribution in [0.5, 0.6) is 0 Å². The Labute approximate surface area is 180 Å². The van der Waals surface area contributed by atoms with Crippen LogP contribution in [0, 0.1) is 5.82 Å². The summed E-state index contributed by atoms with van der Waals surface area (Å²) in [5, 5.41) is 0. The lowest BCUT2D eigenvalue weighted by Gasteiger charge is -2.39. The zero-order valence-corrected chi connectivity index (χ0v) is 17.7. The number of amides is 1. The molecule has 10 heteroatoms. The second-order valence-corrected chi connectivity index (χ2v) is 10.1. The van der Waals surface area contributed by atoms with E-state index in [4.69, 9.17) is 4.74 Å². The zero-order chi connectivity index (χ0) is 21.6. The summed E-state index contributed by atoms with van der Waals surface area (Å²) in [5.41, 5.74) is -0.0240. The summed E-state index contributed by atoms with van der Waals surface area (Å²) in [6.45, 7) is 1.51. The Morgan fingerprint density at radius 3 is 2.58 bits per heavy atom. The van der Waals surface area contributed by atoms with Gasteiger partial charge in [0.2, 0.25) is 15.9 Å². The molecule has 0 N–H and O–H groups in total. The van der Waals surface area contributed by atoms with Crippen LogP contribution in [0.4, 0.5) is 10.1 Å². The predicted octanol–water partition coefficient (Wildman–Crippen LogP) is 1.45. The summed E-state index contributed by atoms with van der Waals surface area (Å²) in [6.07, 6.45) is 3.41. The number of aromatic nitrogens is 1. The Morgan fingerprint density at radius 1 is 1.13 bits per heavy atom. The molecule has 2 aromatic rings. The summed E-state index contributed by atoms with van der Waals surface area (Å²) in [4.78, 5) is 20.4. The van der Waals surface area contributed by atoms with Crippen molar-refractivity contribution in [3.63, 3.8) is 0 Å². The number of hydrogen-bond acceptors (Lipinski definition) is 6. The van der Waals surface area contributed by atoms with E-state index < -0.39 is 21.9 Å². The van der Waals surface area contributed by atoms with E-state index in [1.54, 1.807) is 35.4 Å². The predicted molar refractivity (Wildman–Crippen MR) is 110 cm³/mol. The second-order valence-electron chi connectivity index (χ2n) is 8.20. The number of ether oxygens (including phenoxy) is 1. The van der Waals surface area contributed by atoms with Crippen molar-refractivity contribution in [2.75, 3.05) is 37.6 Å². The number of benzene rings is 1. The average molecular weight is 447 g/mol. The van der Waals surface area contributed by atoms with Crippen LogP contribution in [0.15, 0.2) is 53.7 Å². The largest absolute Gasteiger partial charge is 0.369 e. The van der Waals surface area contributed by atoms with E-state index in [2.05, 4.69) is 4.98 Å². The van der Waals surface area contributed by atoms with Crippen molar-refractivity contribution in [2.45, 2.75) is 29.6 Å². The van der Waals surface area contributed by atoms with E-state index in [-0.39, 0.29) is 29.7 Å². The molecule has 3 aliphatic heterocycles. The lowest BCUT2D eigenvalue weighted by Crippen LogP contribution is -2.55. The lowest BCUT2D eigenvalue weighted by atomic mass is 9.91. The minimum absolute atomic E-state index is 0.105. The minimum Gasteiger partial charge on any atom is -0.369 e. The fourth-order valence-corrected chi connectivity index (χ4v) is 6.05. The van der Waals surface area contributed by atoms with Gasteiger partial charge in [-0.05, 0) is 31.0 Å². The highest BCUT2D eigenvalue weighted by atomic mass is 32.2. The Balaban J connectivity index is 1.30. The zero-order valence-electron chi connectivity index (χ0n) is 16.9. The SMILES string of the molecule is O=C1CN(S(=O)(=O)c2ccccc2)CC2OC3(CCN(c4ccncc4F)CC3)CN12. The lowest BCUT2D eigenvalue weighted by molar-refractivity contribution is -0.144. The Morgan fingerprint density at radius 2 is 1.87 bits per heavy atom. The highest BCUT2D eigenvalue weighted by Gasteiger charge is 2.52. The van der Waals surface area contributed by atoms with Gasteiger partial charge in [-0.1, -0.05) is 18.2 Å². The summed E-state index contributed by atoms with van der Waals surface area (Å²) < 4.78 is 47.5. The standard InChI is InChI=1S/C21H23FN4O4S/c22-17-12-23-9-6-18(17)24-10-7-21(8-11-24)15-26-19(27)13-25(14-20(26)30-21)31(28,29)16-4-2-1-3-5-16/h1-6,9,12,20H,7-8,10-11,13-15H2. The number of hydrogen-bond donors (Lipinski definition) is 0. The van der Waals surface area contributed by atoms with E-state index in [1.165, 1.54) is 22.6 Å². The molecule has 0 saturated carbocycles. The number of piperazine rings is 1. The van der Waals surface area contributed by atoms with Gasteiger partial charge in [0.1, 0.15) is 6.23 Å². The third kappa shape index (κ3) is 3.58. The molecule has 1 aromatic heterocycles. The number of halogens is 1. The number of pyridine rings is 1. The van der Waals surface area contributed by atoms with Gasteiger partial charge in [-0.15, -0.1) is 0 Å². The van der Waals surface area contributed by atoms with Crippen molar-refractivity contribution in [3.05, 3.63) is 54.6 Å². The van der Waals surface area contributed by atoms with Crippen molar-refractivity contribution in [3.8, 4) is 0 Å². The van der Waals surface area contributed by atoms with Gasteiger partial charge in [-0.2, -0.15) is 4.31 Å². The normalized spacial score (nSPS) is 23.9. The summed E-state index contributed by atoms with van der Waals surface area (Å²) >= 11 is 0. The van der Waals surface area contributed by atoms with Gasteiger partial charge < -0.3 is 14.5 Å². The first-order valence-electron chi connectivity index (χ1n) is 10.2. The Kier molecular flexibility index (Phi) is 4.95. The van der Waals surface area contributed by atoms with Crippen LogP contribution in [0.1, 0.15) is 12.8 Å². The van der Waals surface area contributed by atoms with Crippen LogP contribution in [0.2, 0.25) is 0 Å². The van der Waals surface area contributed by atoms with Gasteiger partial charge in [0.05, 0.1) is 42.0 Å². The van der Waals surface area contributed by atoms with Crippen molar-refractivity contribution in [2.24, 2.45) is 0 Å². The topological polar surface area (TPSA) is 83.0 Å². The molecule has 1 atom stereocenters. The van der Waals surface area contributed by atoms with E-state index in [9.17, 15) is 17.6 Å². The number of sulfonamides is 1. The Hall–Kier alpha value is -2.56. The molecule has 8 nitrogen and oxygen atoms in total. The summed E-state index contributed by atoms with van der Waals surface area (Å²) in [7, 11) is -3.78. The van der Waals surface area contributed by atoms with Crippen LogP contribution in [0.25, 0.3) is 0 Å². The number of piperidine rings is 1. The molecule has 1 aromatic carbocycles. The molecule has 0 aliphatic carbocycles. The van der Waals surface area contributed by atoms with E-state index in [0.29, 0.717) is 38.2 Å². The fraction of sp³-hybridized carbons (Fsp3) is 0.429. The van der Waals surface area contributed by atoms with Crippen molar-refractivity contribution in [1.82, 2.24) is 14.2 Å². The molecule has 1 amide bonds. The molecule has 4 heterocycles. The van der Waals surface area contributed by atoms with Crippen LogP contribution < -0.4 is 4.90 Å². The van der Waals surface area contributed by atoms with Crippen molar-refractivity contribution < 1.29 is 22.3 Å². The monoisotopic (exact) mass is 446 g/mol. The molecule has 1 spiro atoms. The van der Waals surface area contributed by atoms with Gasteiger partial charge >= 0.3 is 0 Å². The van der Waals surface area contributed by atoms with Gasteiger partial charge in [-0.25, -0.2) is 12.8 Å². The number of rotatable bonds is 3. The number of anilines is 1. The number of nitrogens with zero attached hydrogens (tertiary/aromatic N) is 4. The van der Waals surface area contributed by atoms with Gasteiger partial charge in [-0.3, -0.25) is 9.78 Å². The number of carbonyl (C=O) groups excluding carboxylic acids is 1. The maximum Gasteiger partial charge on any atom is 0.243 e. The summed E-state index contributed by atoms with van der Waals surface area (Å²) in [5.74, 6) is -0.615. The molecule has 3 fully saturated rings. The third-order valence-corrected chi connectivity index (χ3v) is 8.16. The maximum atomic E-state index is 14.1. The first-order chi connectivity index (χ1) is 14.9. The average Bonchev–Trinajstić information content (AvgIpc) is 3.14. The second kappa shape index (κ2) is 7.54. The first-order valence-corrected chi connectivity index (χ1v) is 11.7. The van der Waals surface area contributed by atoms with E-state index >= 15 is 0 Å². The number of carbonyl (C=O) groups is 1. The van der Waals surface area contributed by atoms with Gasteiger partial charge in [0.25, 0.3) is 0 Å². The molecular formula is C21H23FN4O4S. The van der Waals surface area contributed by atoms with Gasteiger partial charge in [0, 0.05) is 19.3 Å². The fourth-order valence-electron chi connectivity index (χ4n) is 4.65. The molecule has 3 saturated heterocycles. The smallest absolute Gasteiger partial charge is 0.243 e. The molecule has 3 aliphatic rings. The van der Waals surface area contributed by atoms with E-state index in [1.807, 2.05) is 4.90 Å². The molecule has 5 rings (SSSR count). The van der Waals surface area contributed by atoms with Crippen LogP contribution in [-0.4, -0.2) is 73.1 Å². The molecule has 0 bridgehead atoms. The van der Waals surface area contributed by atoms with E-state index in [0.717, 1.165) is 0 Å². The molecule has 1 unspecified atom stereocenters. The highest BCUT2D eigenvalue weighted by Crippen LogP contribution is 2.39. The number of fused-ring (bicyclic) bond motifs is 1. The molecule has 31 heavy (non-hydrogen) atoms. The van der Waals surface area contributed by atoms with Crippen LogP contribution in [-0.2, 0) is 19.6 Å². The van der Waals surface area contributed by atoms with Crippen molar-refractivity contribution in [1.29, 1.82) is 0 Å². The molecule has 164 valence electrons. The van der Waals surface area contributed by atoms with Crippen molar-refractivity contribution >= 4 is 21.6 Å². The quantitative estimate of drug-likeness (QED) is 0.710. The highest BCUT2D eigenvalue weighted by molar-refractivity contribution is 7.89. The Bertz CT molecular complexity index is 1090. The molecule has 0 radical (unpaired) electrons. The summed E-state index contributed by atoms with van der Waals surface area (Å²) in [6, 6.07) is 9.77. The van der Waals surface area contributed by atoms with Crippen LogP contribution >= 0.6 is 0 Å².